The molecule has 3 rings (SSSR count). The van der Waals surface area contributed by atoms with Crippen LogP contribution in [0.25, 0.3) is 10.8 Å². The van der Waals surface area contributed by atoms with Gasteiger partial charge in [-0.25, -0.2) is 0 Å². The summed E-state index contributed by atoms with van der Waals surface area (Å²) in [5.74, 6) is 0.775. The van der Waals surface area contributed by atoms with Crippen LogP contribution in [0.3, 0.4) is 0 Å². The van der Waals surface area contributed by atoms with E-state index < -0.39 is 0 Å². The van der Waals surface area contributed by atoms with Crippen molar-refractivity contribution in [1.82, 2.24) is 4.90 Å². The summed E-state index contributed by atoms with van der Waals surface area (Å²) in [5.41, 5.74) is 1.61. The molecule has 0 fully saturated rings. The van der Waals surface area contributed by atoms with Gasteiger partial charge in [-0.1, -0.05) is 48.5 Å². The van der Waals surface area contributed by atoms with Gasteiger partial charge in [-0.3, -0.25) is 0 Å². The molecule has 0 unspecified atom stereocenters. The highest BCUT2D eigenvalue weighted by Crippen LogP contribution is 2.37. The van der Waals surface area contributed by atoms with Crippen LogP contribution in [0.1, 0.15) is 6.42 Å². The Hall–Kier alpha value is -2.72. The third kappa shape index (κ3) is 4.64. The van der Waals surface area contributed by atoms with Gasteiger partial charge < -0.3 is 9.64 Å². The Morgan fingerprint density at radius 2 is 1.60 bits per heavy atom. The molecule has 0 aliphatic heterocycles. The summed E-state index contributed by atoms with van der Waals surface area (Å²) in [6, 6.07) is 22.0. The number of ether oxygens (including phenoxy) is 1. The van der Waals surface area contributed by atoms with Crippen molar-refractivity contribution in [3.63, 3.8) is 0 Å². The second-order valence-electron chi connectivity index (χ2n) is 6.17. The third-order valence-electron chi connectivity index (χ3n) is 3.89. The molecule has 4 heteroatoms. The van der Waals surface area contributed by atoms with Crippen molar-refractivity contribution in [3.8, 4) is 5.75 Å². The van der Waals surface area contributed by atoms with Crippen LogP contribution in [0.2, 0.25) is 0 Å². The highest BCUT2D eigenvalue weighted by Gasteiger charge is 2.08. The monoisotopic (exact) mass is 333 g/mol. The van der Waals surface area contributed by atoms with Gasteiger partial charge in [-0.05, 0) is 44.1 Å². The first-order valence-electron chi connectivity index (χ1n) is 8.50. The predicted molar refractivity (Wildman–Crippen MR) is 103 cm³/mol. The number of fused-ring (bicyclic) bond motifs is 1. The fourth-order valence-corrected chi connectivity index (χ4v) is 2.62. The summed E-state index contributed by atoms with van der Waals surface area (Å²) in [6.07, 6.45) is 0.967. The van der Waals surface area contributed by atoms with Gasteiger partial charge in [0.2, 0.25) is 0 Å². The van der Waals surface area contributed by atoms with E-state index in [0.29, 0.717) is 6.61 Å². The maximum absolute atomic E-state index is 6.00. The van der Waals surface area contributed by atoms with Gasteiger partial charge in [0.1, 0.15) is 11.4 Å². The number of benzene rings is 3. The van der Waals surface area contributed by atoms with Crippen LogP contribution in [0, 0.1) is 0 Å². The molecule has 3 aromatic rings. The second-order valence-corrected chi connectivity index (χ2v) is 6.17. The number of azo groups is 1. The fourth-order valence-electron chi connectivity index (χ4n) is 2.62. The summed E-state index contributed by atoms with van der Waals surface area (Å²) in [7, 11) is 4.13. The quantitative estimate of drug-likeness (QED) is 0.418. The van der Waals surface area contributed by atoms with E-state index in [9.17, 15) is 0 Å². The molecule has 0 aromatic heterocycles. The molecule has 0 amide bonds. The molecule has 0 N–H and O–H groups in total. The largest absolute Gasteiger partial charge is 0.491 e. The van der Waals surface area contributed by atoms with E-state index in [1.165, 1.54) is 0 Å². The molecule has 0 spiro atoms. The van der Waals surface area contributed by atoms with Crippen LogP contribution >= 0.6 is 0 Å². The third-order valence-corrected chi connectivity index (χ3v) is 3.89. The van der Waals surface area contributed by atoms with Crippen LogP contribution in [0.5, 0.6) is 5.75 Å². The summed E-state index contributed by atoms with van der Waals surface area (Å²) < 4.78 is 6.00. The minimum atomic E-state index is 0.657. The Bertz CT molecular complexity index is 844. The summed E-state index contributed by atoms with van der Waals surface area (Å²) in [6.45, 7) is 1.65. The molecule has 0 aliphatic rings. The lowest BCUT2D eigenvalue weighted by atomic mass is 10.1. The van der Waals surface area contributed by atoms with Crippen LogP contribution < -0.4 is 4.74 Å². The first kappa shape index (κ1) is 17.1. The summed E-state index contributed by atoms with van der Waals surface area (Å²) in [4.78, 5) is 2.15. The zero-order valence-electron chi connectivity index (χ0n) is 14.7. The standard InChI is InChI=1S/C21H23N3O/c1-24(2)15-8-16-25-20-14-13-17-9-6-7-12-19(17)21(20)23-22-18-10-4-3-5-11-18/h3-7,9-14H,8,15-16H2,1-2H3. The molecular weight excluding hydrogens is 310 g/mol. The van der Waals surface area contributed by atoms with E-state index in [2.05, 4.69) is 47.4 Å². The Kier molecular flexibility index (Phi) is 5.75. The Labute approximate surface area is 148 Å². The van der Waals surface area contributed by atoms with Gasteiger partial charge in [0, 0.05) is 11.9 Å². The van der Waals surface area contributed by atoms with Gasteiger partial charge in [-0.15, -0.1) is 5.11 Å². The number of hydrogen-bond acceptors (Lipinski definition) is 4. The first-order chi connectivity index (χ1) is 12.2. The molecule has 25 heavy (non-hydrogen) atoms. The van der Waals surface area contributed by atoms with Gasteiger partial charge >= 0.3 is 0 Å². The molecule has 0 atom stereocenters. The molecule has 0 bridgehead atoms. The molecule has 3 aromatic carbocycles. The highest BCUT2D eigenvalue weighted by molar-refractivity contribution is 5.95. The highest BCUT2D eigenvalue weighted by atomic mass is 16.5. The maximum atomic E-state index is 6.00. The van der Waals surface area contributed by atoms with Gasteiger partial charge in [0.15, 0.2) is 0 Å². The van der Waals surface area contributed by atoms with Crippen molar-refractivity contribution in [1.29, 1.82) is 0 Å². The Morgan fingerprint density at radius 3 is 2.40 bits per heavy atom. The normalized spacial score (nSPS) is 11.5. The molecule has 0 aliphatic carbocycles. The van der Waals surface area contributed by atoms with E-state index in [0.717, 1.165) is 40.9 Å². The molecule has 0 saturated heterocycles. The summed E-state index contributed by atoms with van der Waals surface area (Å²) >= 11 is 0. The van der Waals surface area contributed by atoms with Crippen LogP contribution in [-0.2, 0) is 0 Å². The Morgan fingerprint density at radius 1 is 0.840 bits per heavy atom. The van der Waals surface area contributed by atoms with Crippen molar-refractivity contribution < 1.29 is 4.74 Å². The lowest BCUT2D eigenvalue weighted by Gasteiger charge is -2.12. The zero-order valence-corrected chi connectivity index (χ0v) is 14.7. The lowest BCUT2D eigenvalue weighted by Crippen LogP contribution is -2.15. The van der Waals surface area contributed by atoms with E-state index >= 15 is 0 Å². The average molecular weight is 333 g/mol. The van der Waals surface area contributed by atoms with Gasteiger partial charge in [-0.2, -0.15) is 5.11 Å². The second kappa shape index (κ2) is 8.40. The van der Waals surface area contributed by atoms with Crippen molar-refractivity contribution in [2.75, 3.05) is 27.2 Å². The Balaban J connectivity index is 1.89. The maximum Gasteiger partial charge on any atom is 0.147 e. The molecule has 0 radical (unpaired) electrons. The van der Waals surface area contributed by atoms with Crippen molar-refractivity contribution in [2.45, 2.75) is 6.42 Å². The molecule has 0 saturated carbocycles. The van der Waals surface area contributed by atoms with Gasteiger partial charge in [0.05, 0.1) is 12.3 Å². The number of hydrogen-bond donors (Lipinski definition) is 0. The van der Waals surface area contributed by atoms with Crippen LogP contribution in [0.15, 0.2) is 77.0 Å². The molecule has 128 valence electrons. The van der Waals surface area contributed by atoms with E-state index in [1.54, 1.807) is 0 Å². The summed E-state index contributed by atoms with van der Waals surface area (Å²) in [5, 5.41) is 11.1. The topological polar surface area (TPSA) is 37.2 Å². The smallest absolute Gasteiger partial charge is 0.147 e. The van der Waals surface area contributed by atoms with E-state index in [4.69, 9.17) is 4.74 Å². The fraction of sp³-hybridized carbons (Fsp3) is 0.238. The minimum absolute atomic E-state index is 0.657. The average Bonchev–Trinajstić information content (AvgIpc) is 2.64. The predicted octanol–water partition coefficient (Wildman–Crippen LogP) is 5.59. The van der Waals surface area contributed by atoms with E-state index in [-0.39, 0.29) is 0 Å². The lowest BCUT2D eigenvalue weighted by molar-refractivity contribution is 0.282. The molecule has 0 heterocycles. The first-order valence-corrected chi connectivity index (χ1v) is 8.50. The number of rotatable bonds is 7. The molecular formula is C21H23N3O. The van der Waals surface area contributed by atoms with Crippen molar-refractivity contribution >= 4 is 22.1 Å². The zero-order chi connectivity index (χ0) is 17.5. The molecule has 4 nitrogen and oxygen atoms in total. The van der Waals surface area contributed by atoms with Crippen LogP contribution in [0.4, 0.5) is 11.4 Å². The SMILES string of the molecule is CN(C)CCCOc1ccc2ccccc2c1N=Nc1ccccc1. The van der Waals surface area contributed by atoms with Crippen molar-refractivity contribution in [3.05, 3.63) is 66.7 Å². The van der Waals surface area contributed by atoms with E-state index in [1.807, 2.05) is 48.5 Å². The van der Waals surface area contributed by atoms with Crippen molar-refractivity contribution in [2.24, 2.45) is 10.2 Å². The number of nitrogens with zero attached hydrogens (tertiary/aromatic N) is 3. The van der Waals surface area contributed by atoms with Gasteiger partial charge in [0.25, 0.3) is 0 Å². The minimum Gasteiger partial charge on any atom is -0.491 e. The van der Waals surface area contributed by atoms with Crippen LogP contribution in [-0.4, -0.2) is 32.1 Å².